The van der Waals surface area contributed by atoms with Gasteiger partial charge in [-0.1, -0.05) is 23.7 Å². The number of aliphatic hydroxyl groups excluding tert-OH is 1. The third-order valence-electron chi connectivity index (χ3n) is 2.48. The number of hydrogen-bond acceptors (Lipinski definition) is 1. The lowest BCUT2D eigenvalue weighted by molar-refractivity contribution is 0.208. The van der Waals surface area contributed by atoms with Crippen molar-refractivity contribution in [1.82, 2.24) is 0 Å². The third-order valence-corrected chi connectivity index (χ3v) is 2.72. The number of benzene rings is 2. The summed E-state index contributed by atoms with van der Waals surface area (Å²) in [5.74, 6) is -3.31. The van der Waals surface area contributed by atoms with E-state index >= 15 is 0 Å². The monoisotopic (exact) mass is 272 g/mol. The van der Waals surface area contributed by atoms with Crippen molar-refractivity contribution in [3.05, 3.63) is 70.0 Å². The van der Waals surface area contributed by atoms with Gasteiger partial charge in [-0.3, -0.25) is 0 Å². The molecule has 0 saturated carbocycles. The molecule has 0 aromatic heterocycles. The van der Waals surface area contributed by atoms with Crippen molar-refractivity contribution in [2.75, 3.05) is 0 Å². The van der Waals surface area contributed by atoms with Gasteiger partial charge in [-0.05, 0) is 17.7 Å². The second kappa shape index (κ2) is 5.00. The van der Waals surface area contributed by atoms with E-state index in [4.69, 9.17) is 11.6 Å². The first-order valence-electron chi connectivity index (χ1n) is 5.07. The molecule has 0 spiro atoms. The lowest BCUT2D eigenvalue weighted by Gasteiger charge is -2.13. The zero-order valence-corrected chi connectivity index (χ0v) is 9.76. The van der Waals surface area contributed by atoms with Crippen molar-refractivity contribution < 1.29 is 18.3 Å². The van der Waals surface area contributed by atoms with E-state index in [2.05, 4.69) is 0 Å². The van der Waals surface area contributed by atoms with Crippen LogP contribution in [0.25, 0.3) is 0 Å². The van der Waals surface area contributed by atoms with E-state index in [1.807, 2.05) is 0 Å². The van der Waals surface area contributed by atoms with Gasteiger partial charge < -0.3 is 5.11 Å². The average Bonchev–Trinajstić information content (AvgIpc) is 2.27. The van der Waals surface area contributed by atoms with Crippen LogP contribution < -0.4 is 0 Å². The molecular formula is C13H8ClF3O. The molecule has 2 rings (SSSR count). The van der Waals surface area contributed by atoms with Crippen molar-refractivity contribution in [1.29, 1.82) is 0 Å². The molecule has 94 valence electrons. The summed E-state index contributed by atoms with van der Waals surface area (Å²) in [7, 11) is 0. The van der Waals surface area contributed by atoms with Crippen LogP contribution >= 0.6 is 11.6 Å². The summed E-state index contributed by atoms with van der Waals surface area (Å²) in [6, 6.07) is 7.00. The summed E-state index contributed by atoms with van der Waals surface area (Å²) < 4.78 is 39.7. The zero-order chi connectivity index (χ0) is 13.3. The van der Waals surface area contributed by atoms with Gasteiger partial charge in [-0.15, -0.1) is 0 Å². The summed E-state index contributed by atoms with van der Waals surface area (Å²) in [5.41, 5.74) is -0.370. The maximum atomic E-state index is 13.5. The van der Waals surface area contributed by atoms with Gasteiger partial charge in [0.05, 0.1) is 5.56 Å². The number of hydrogen-bond donors (Lipinski definition) is 1. The molecule has 0 fully saturated rings. The normalized spacial score (nSPS) is 12.5. The van der Waals surface area contributed by atoms with E-state index in [-0.39, 0.29) is 5.56 Å². The Morgan fingerprint density at radius 2 is 1.61 bits per heavy atom. The predicted octanol–water partition coefficient (Wildman–Crippen LogP) is 3.84. The van der Waals surface area contributed by atoms with Crippen molar-refractivity contribution in [3.8, 4) is 0 Å². The van der Waals surface area contributed by atoms with Gasteiger partial charge in [0.1, 0.15) is 23.6 Å². The summed E-state index contributed by atoms with van der Waals surface area (Å²) in [6.07, 6.45) is -1.54. The molecule has 2 aromatic carbocycles. The van der Waals surface area contributed by atoms with E-state index in [1.165, 1.54) is 12.1 Å². The fourth-order valence-corrected chi connectivity index (χ4v) is 1.86. The van der Waals surface area contributed by atoms with Gasteiger partial charge in [-0.2, -0.15) is 0 Å². The summed E-state index contributed by atoms with van der Waals surface area (Å²) >= 11 is 5.72. The van der Waals surface area contributed by atoms with Gasteiger partial charge in [0.2, 0.25) is 0 Å². The molecule has 0 heterocycles. The third kappa shape index (κ3) is 2.49. The minimum atomic E-state index is -1.54. The van der Waals surface area contributed by atoms with Crippen LogP contribution in [0, 0.1) is 17.5 Å². The topological polar surface area (TPSA) is 20.2 Å². The minimum Gasteiger partial charge on any atom is -0.383 e. The van der Waals surface area contributed by atoms with Gasteiger partial charge in [0.15, 0.2) is 0 Å². The fraction of sp³-hybridized carbons (Fsp3) is 0.0769. The molecule has 1 N–H and O–H groups in total. The highest BCUT2D eigenvalue weighted by Crippen LogP contribution is 2.28. The van der Waals surface area contributed by atoms with Gasteiger partial charge in [0.25, 0.3) is 0 Å². The summed E-state index contributed by atoms with van der Waals surface area (Å²) in [6.45, 7) is 0. The Hall–Kier alpha value is -1.52. The number of halogens is 4. The molecule has 0 saturated heterocycles. The van der Waals surface area contributed by atoms with Crippen LogP contribution in [-0.4, -0.2) is 5.11 Å². The highest BCUT2D eigenvalue weighted by molar-refractivity contribution is 6.30. The zero-order valence-electron chi connectivity index (χ0n) is 9.00. The highest BCUT2D eigenvalue weighted by Gasteiger charge is 2.21. The molecular weight excluding hydrogens is 265 g/mol. The number of rotatable bonds is 2. The Bertz CT molecular complexity index is 563. The van der Waals surface area contributed by atoms with Crippen LogP contribution in [0.5, 0.6) is 0 Å². The van der Waals surface area contributed by atoms with Crippen LogP contribution in [0.3, 0.4) is 0 Å². The smallest absolute Gasteiger partial charge is 0.135 e. The lowest BCUT2D eigenvalue weighted by Crippen LogP contribution is -2.06. The number of aliphatic hydroxyl groups is 1. The molecule has 1 unspecified atom stereocenters. The van der Waals surface area contributed by atoms with Gasteiger partial charge >= 0.3 is 0 Å². The molecule has 0 aliphatic rings. The Morgan fingerprint density at radius 1 is 1.00 bits per heavy atom. The standard InChI is InChI=1S/C13H8ClF3O/c14-8-3-1-2-7(4-8)13(18)12-10(16)5-9(15)6-11(12)17/h1-6,13,18H. The van der Waals surface area contributed by atoms with Crippen LogP contribution in [0.15, 0.2) is 36.4 Å². The second-order valence-corrected chi connectivity index (χ2v) is 4.18. The first kappa shape index (κ1) is 12.9. The quantitative estimate of drug-likeness (QED) is 0.881. The molecule has 1 nitrogen and oxygen atoms in total. The summed E-state index contributed by atoms with van der Waals surface area (Å²) in [5, 5.41) is 10.2. The van der Waals surface area contributed by atoms with E-state index in [0.29, 0.717) is 17.2 Å². The Labute approximate surface area is 106 Å². The molecule has 1 atom stereocenters. The molecule has 0 aliphatic carbocycles. The highest BCUT2D eigenvalue weighted by atomic mass is 35.5. The van der Waals surface area contributed by atoms with Crippen molar-refractivity contribution in [2.45, 2.75) is 6.10 Å². The second-order valence-electron chi connectivity index (χ2n) is 3.74. The Morgan fingerprint density at radius 3 is 2.17 bits per heavy atom. The maximum absolute atomic E-state index is 13.5. The van der Waals surface area contributed by atoms with Crippen LogP contribution in [0.2, 0.25) is 5.02 Å². The molecule has 2 aromatic rings. The van der Waals surface area contributed by atoms with E-state index in [0.717, 1.165) is 0 Å². The van der Waals surface area contributed by atoms with E-state index in [1.54, 1.807) is 12.1 Å². The molecule has 0 radical (unpaired) electrons. The van der Waals surface area contributed by atoms with Crippen molar-refractivity contribution >= 4 is 11.6 Å². The molecule has 0 amide bonds. The van der Waals surface area contributed by atoms with Gasteiger partial charge in [0, 0.05) is 17.2 Å². The molecule has 5 heteroatoms. The predicted molar refractivity (Wildman–Crippen MR) is 61.8 cm³/mol. The Balaban J connectivity index is 2.49. The lowest BCUT2D eigenvalue weighted by atomic mass is 10.0. The van der Waals surface area contributed by atoms with Crippen LogP contribution in [0.4, 0.5) is 13.2 Å². The Kier molecular flexibility index (Phi) is 3.59. The van der Waals surface area contributed by atoms with Crippen LogP contribution in [-0.2, 0) is 0 Å². The molecule has 0 aliphatic heterocycles. The van der Waals surface area contributed by atoms with Crippen molar-refractivity contribution in [2.24, 2.45) is 0 Å². The largest absolute Gasteiger partial charge is 0.383 e. The van der Waals surface area contributed by atoms with Crippen LogP contribution in [0.1, 0.15) is 17.2 Å². The minimum absolute atomic E-state index is 0.229. The summed E-state index contributed by atoms with van der Waals surface area (Å²) in [4.78, 5) is 0. The SMILES string of the molecule is OC(c1cccc(Cl)c1)c1c(F)cc(F)cc1F. The molecule has 0 bridgehead atoms. The first-order chi connectivity index (χ1) is 8.49. The van der Waals surface area contributed by atoms with Crippen molar-refractivity contribution in [3.63, 3.8) is 0 Å². The fourth-order valence-electron chi connectivity index (χ4n) is 1.66. The molecule has 18 heavy (non-hydrogen) atoms. The van der Waals surface area contributed by atoms with Gasteiger partial charge in [-0.25, -0.2) is 13.2 Å². The first-order valence-corrected chi connectivity index (χ1v) is 5.45. The van der Waals surface area contributed by atoms with E-state index in [9.17, 15) is 18.3 Å². The maximum Gasteiger partial charge on any atom is 0.135 e. The van der Waals surface area contributed by atoms with E-state index < -0.39 is 29.1 Å². The average molecular weight is 273 g/mol.